The molecule has 0 aliphatic rings. The van der Waals surface area contributed by atoms with Gasteiger partial charge in [0.05, 0.1) is 11.3 Å². The van der Waals surface area contributed by atoms with Crippen molar-refractivity contribution in [3.8, 4) is 5.69 Å². The summed E-state index contributed by atoms with van der Waals surface area (Å²) in [5, 5.41) is 6.33. The van der Waals surface area contributed by atoms with Crippen LogP contribution >= 0.6 is 0 Å². The molecule has 2 heterocycles. The van der Waals surface area contributed by atoms with Crippen LogP contribution < -0.4 is 10.7 Å². The average molecular weight is 388 g/mol. The van der Waals surface area contributed by atoms with E-state index in [4.69, 9.17) is 0 Å². The van der Waals surface area contributed by atoms with Gasteiger partial charge in [0.1, 0.15) is 5.82 Å². The molecule has 3 rings (SSSR count). The molecule has 0 bridgehead atoms. The summed E-state index contributed by atoms with van der Waals surface area (Å²) in [6, 6.07) is 9.17. The van der Waals surface area contributed by atoms with Crippen LogP contribution in [-0.2, 0) is 6.18 Å². The Hall–Kier alpha value is -3.49. The van der Waals surface area contributed by atoms with Gasteiger partial charge in [-0.15, -0.1) is 0 Å². The van der Waals surface area contributed by atoms with Gasteiger partial charge in [0.15, 0.2) is 5.69 Å². The highest BCUT2D eigenvalue weighted by molar-refractivity contribution is 6.02. The molecule has 9 heteroatoms. The summed E-state index contributed by atoms with van der Waals surface area (Å²) in [7, 11) is 0. The number of pyridine rings is 1. The fraction of sp³-hybridized carbons (Fsp3) is 0.158. The smallest absolute Gasteiger partial charge is 0.305 e. The number of rotatable bonds is 3. The van der Waals surface area contributed by atoms with Crippen LogP contribution in [0.5, 0.6) is 0 Å². The van der Waals surface area contributed by atoms with Gasteiger partial charge in [-0.2, -0.15) is 18.3 Å². The third kappa shape index (κ3) is 3.93. The molecule has 144 valence electrons. The molecular weight excluding hydrogens is 373 g/mol. The lowest BCUT2D eigenvalue weighted by Crippen LogP contribution is -2.27. The summed E-state index contributed by atoms with van der Waals surface area (Å²) in [5.74, 6) is -0.657. The lowest BCUT2D eigenvalue weighted by Gasteiger charge is -2.16. The van der Waals surface area contributed by atoms with Crippen molar-refractivity contribution in [1.29, 1.82) is 0 Å². The molecule has 0 aliphatic heterocycles. The highest BCUT2D eigenvalue weighted by Crippen LogP contribution is 2.33. The summed E-state index contributed by atoms with van der Waals surface area (Å²) >= 11 is 0. The first-order valence-corrected chi connectivity index (χ1v) is 8.18. The molecule has 0 saturated carbocycles. The summed E-state index contributed by atoms with van der Waals surface area (Å²) in [5.41, 5.74) is -1.46. The normalized spacial score (nSPS) is 11.3. The molecule has 0 atom stereocenters. The second-order valence-corrected chi connectivity index (χ2v) is 6.10. The maximum atomic E-state index is 13.3. The van der Waals surface area contributed by atoms with Crippen molar-refractivity contribution in [3.63, 3.8) is 0 Å². The maximum Gasteiger partial charge on any atom is 0.418 e. The third-order valence-electron chi connectivity index (χ3n) is 3.92. The Morgan fingerprint density at radius 3 is 2.50 bits per heavy atom. The Morgan fingerprint density at radius 2 is 1.82 bits per heavy atom. The highest BCUT2D eigenvalue weighted by atomic mass is 19.4. The predicted molar refractivity (Wildman–Crippen MR) is 96.5 cm³/mol. The second-order valence-electron chi connectivity index (χ2n) is 6.10. The van der Waals surface area contributed by atoms with Gasteiger partial charge in [-0.25, -0.2) is 9.67 Å². The van der Waals surface area contributed by atoms with Gasteiger partial charge in [0.25, 0.3) is 5.91 Å². The van der Waals surface area contributed by atoms with Crippen molar-refractivity contribution >= 4 is 11.7 Å². The van der Waals surface area contributed by atoms with Crippen LogP contribution in [0.25, 0.3) is 5.69 Å². The highest BCUT2D eigenvalue weighted by Gasteiger charge is 2.34. The molecule has 2 aromatic heterocycles. The summed E-state index contributed by atoms with van der Waals surface area (Å²) in [4.78, 5) is 28.7. The van der Waals surface area contributed by atoms with E-state index in [0.29, 0.717) is 0 Å². The summed E-state index contributed by atoms with van der Waals surface area (Å²) in [6.45, 7) is 3.23. The zero-order chi connectivity index (χ0) is 20.5. The van der Waals surface area contributed by atoms with Crippen LogP contribution in [-0.4, -0.2) is 20.7 Å². The first-order chi connectivity index (χ1) is 13.2. The topological polar surface area (TPSA) is 76.9 Å². The van der Waals surface area contributed by atoms with Crippen LogP contribution in [0.3, 0.4) is 0 Å². The Bertz CT molecular complexity index is 1110. The van der Waals surface area contributed by atoms with Gasteiger partial charge in [-0.05, 0) is 43.7 Å². The van der Waals surface area contributed by atoms with Crippen molar-refractivity contribution in [3.05, 3.63) is 81.4 Å². The van der Waals surface area contributed by atoms with Crippen LogP contribution in [0, 0.1) is 13.8 Å². The molecule has 0 aliphatic carbocycles. The van der Waals surface area contributed by atoms with E-state index in [1.54, 1.807) is 19.1 Å². The van der Waals surface area contributed by atoms with Crippen molar-refractivity contribution in [2.24, 2.45) is 0 Å². The molecule has 0 fully saturated rings. The fourth-order valence-corrected chi connectivity index (χ4v) is 2.63. The Labute approximate surface area is 157 Å². The van der Waals surface area contributed by atoms with Crippen LogP contribution in [0.2, 0.25) is 0 Å². The number of aryl methyl sites for hydroxylation is 2. The van der Waals surface area contributed by atoms with E-state index in [1.165, 1.54) is 31.3 Å². The summed E-state index contributed by atoms with van der Waals surface area (Å²) in [6.07, 6.45) is -3.15. The van der Waals surface area contributed by atoms with Gasteiger partial charge in [-0.3, -0.25) is 9.59 Å². The number of carbonyl (C=O) groups is 1. The minimum atomic E-state index is -4.62. The number of hydrogen-bond acceptors (Lipinski definition) is 4. The molecule has 1 amide bonds. The molecule has 0 saturated heterocycles. The molecule has 3 aromatic rings. The molecule has 0 unspecified atom stereocenters. The van der Waals surface area contributed by atoms with Crippen molar-refractivity contribution in [2.75, 3.05) is 5.32 Å². The first-order valence-electron chi connectivity index (χ1n) is 8.18. The maximum absolute atomic E-state index is 13.3. The van der Waals surface area contributed by atoms with Crippen molar-refractivity contribution < 1.29 is 18.0 Å². The molecule has 28 heavy (non-hydrogen) atoms. The number of benzene rings is 1. The van der Waals surface area contributed by atoms with Gasteiger partial charge in [0, 0.05) is 18.0 Å². The van der Waals surface area contributed by atoms with Gasteiger partial charge in [0.2, 0.25) is 5.43 Å². The molecule has 0 spiro atoms. The lowest BCUT2D eigenvalue weighted by molar-refractivity contribution is -0.137. The quantitative estimate of drug-likeness (QED) is 0.745. The van der Waals surface area contributed by atoms with E-state index in [-0.39, 0.29) is 17.2 Å². The van der Waals surface area contributed by atoms with Crippen molar-refractivity contribution in [2.45, 2.75) is 20.0 Å². The molecule has 1 aromatic carbocycles. The first kappa shape index (κ1) is 19.3. The van der Waals surface area contributed by atoms with E-state index in [1.807, 2.05) is 0 Å². The number of nitrogens with one attached hydrogen (secondary N) is 1. The number of carbonyl (C=O) groups excluding carboxylic acids is 1. The number of amides is 1. The van der Waals surface area contributed by atoms with Gasteiger partial charge in [-0.1, -0.05) is 12.1 Å². The molecule has 0 radical (unpaired) electrons. The molecule has 6 nitrogen and oxygen atoms in total. The van der Waals surface area contributed by atoms with E-state index in [9.17, 15) is 22.8 Å². The number of nitrogens with zero attached hydrogens (tertiary/aromatic N) is 3. The van der Waals surface area contributed by atoms with E-state index >= 15 is 0 Å². The standard InChI is InChI=1S/C19H15F3N4O2/c1-11-7-8-23-16(9-11)24-18(28)17-15(27)10-12(2)26(25-17)14-6-4-3-5-13(14)19(20,21)22/h3-10H,1-2H3,(H,23,24,28). The van der Waals surface area contributed by atoms with Gasteiger partial charge >= 0.3 is 6.18 Å². The van der Waals surface area contributed by atoms with Crippen LogP contribution in [0.4, 0.5) is 19.0 Å². The largest absolute Gasteiger partial charge is 0.418 e. The fourth-order valence-electron chi connectivity index (χ4n) is 2.63. The zero-order valence-corrected chi connectivity index (χ0v) is 14.9. The number of alkyl halides is 3. The van der Waals surface area contributed by atoms with Crippen LogP contribution in [0.15, 0.2) is 53.5 Å². The number of para-hydroxylation sites is 1. The number of aromatic nitrogens is 3. The Kier molecular flexibility index (Phi) is 5.00. The Balaban J connectivity index is 2.08. The molecular formula is C19H15F3N4O2. The van der Waals surface area contributed by atoms with Crippen LogP contribution in [0.1, 0.15) is 27.3 Å². The molecule has 1 N–H and O–H groups in total. The predicted octanol–water partition coefficient (Wildman–Crippen LogP) is 3.52. The number of hydrogen-bond donors (Lipinski definition) is 1. The van der Waals surface area contributed by atoms with E-state index in [2.05, 4.69) is 15.4 Å². The third-order valence-corrected chi connectivity index (χ3v) is 3.92. The minimum Gasteiger partial charge on any atom is -0.305 e. The van der Waals surface area contributed by atoms with Crippen molar-refractivity contribution in [1.82, 2.24) is 14.8 Å². The summed E-state index contributed by atoms with van der Waals surface area (Å²) < 4.78 is 41.0. The van der Waals surface area contributed by atoms with Gasteiger partial charge < -0.3 is 5.32 Å². The van der Waals surface area contributed by atoms with E-state index in [0.717, 1.165) is 22.4 Å². The lowest BCUT2D eigenvalue weighted by atomic mass is 10.1. The Morgan fingerprint density at radius 1 is 1.11 bits per heavy atom. The average Bonchev–Trinajstić information content (AvgIpc) is 2.61. The SMILES string of the molecule is Cc1ccnc(NC(=O)c2nn(-c3ccccc3C(F)(F)F)c(C)cc2=O)c1. The number of halogens is 3. The minimum absolute atomic E-state index is 0.159. The number of anilines is 1. The van der Waals surface area contributed by atoms with E-state index < -0.39 is 28.8 Å². The zero-order valence-electron chi connectivity index (χ0n) is 14.9. The second kappa shape index (κ2) is 7.26. The monoisotopic (exact) mass is 388 g/mol.